The molecule has 2 rings (SSSR count). The van der Waals surface area contributed by atoms with Crippen LogP contribution in [0.2, 0.25) is 0 Å². The van der Waals surface area contributed by atoms with Crippen LogP contribution >= 0.6 is 0 Å². The lowest BCUT2D eigenvalue weighted by molar-refractivity contribution is 0.202. The molecule has 0 saturated heterocycles. The smallest absolute Gasteiger partial charge is 0.411 e. The summed E-state index contributed by atoms with van der Waals surface area (Å²) in [4.78, 5) is 15.9. The summed E-state index contributed by atoms with van der Waals surface area (Å²) in [5.41, 5.74) is 1.79. The highest BCUT2D eigenvalue weighted by atomic mass is 16.4. The van der Waals surface area contributed by atoms with Crippen LogP contribution in [-0.4, -0.2) is 22.7 Å². The van der Waals surface area contributed by atoms with E-state index in [0.717, 1.165) is 17.7 Å². The molecule has 2 heterocycles. The van der Waals surface area contributed by atoms with Crippen molar-refractivity contribution in [2.45, 2.75) is 6.42 Å². The highest BCUT2D eigenvalue weighted by Crippen LogP contribution is 2.26. The quantitative estimate of drug-likeness (QED) is 0.625. The van der Waals surface area contributed by atoms with Crippen molar-refractivity contribution in [1.82, 2.24) is 4.98 Å². The minimum absolute atomic E-state index is 0.552. The zero-order chi connectivity index (χ0) is 8.55. The fourth-order valence-electron chi connectivity index (χ4n) is 1.43. The lowest BCUT2D eigenvalue weighted by Crippen LogP contribution is -2.26. The van der Waals surface area contributed by atoms with Gasteiger partial charge in [-0.25, -0.2) is 4.79 Å². The minimum Gasteiger partial charge on any atom is -0.465 e. The van der Waals surface area contributed by atoms with Gasteiger partial charge in [0.05, 0.1) is 5.69 Å². The van der Waals surface area contributed by atoms with Gasteiger partial charge in [-0.15, -0.1) is 0 Å². The molecule has 0 spiro atoms. The van der Waals surface area contributed by atoms with E-state index in [1.807, 2.05) is 0 Å². The molecule has 0 fully saturated rings. The first-order valence-corrected chi connectivity index (χ1v) is 3.72. The van der Waals surface area contributed by atoms with E-state index >= 15 is 0 Å². The number of rotatable bonds is 0. The second-order valence-corrected chi connectivity index (χ2v) is 2.69. The first-order chi connectivity index (χ1) is 5.79. The number of nitrogens with zero attached hydrogens (tertiary/aromatic N) is 2. The lowest BCUT2D eigenvalue weighted by atomic mass is 10.2. The van der Waals surface area contributed by atoms with Crippen LogP contribution in [0.4, 0.5) is 10.5 Å². The van der Waals surface area contributed by atoms with Gasteiger partial charge in [0.25, 0.3) is 0 Å². The number of hydrogen-bond acceptors (Lipinski definition) is 2. The lowest BCUT2D eigenvalue weighted by Gasteiger charge is -2.11. The largest absolute Gasteiger partial charge is 0.465 e. The average Bonchev–Trinajstić information content (AvgIpc) is 2.47. The summed E-state index contributed by atoms with van der Waals surface area (Å²) in [5, 5.41) is 8.77. The Morgan fingerprint density at radius 2 is 2.50 bits per heavy atom. The van der Waals surface area contributed by atoms with Crippen LogP contribution in [0.15, 0.2) is 18.5 Å². The predicted molar refractivity (Wildman–Crippen MR) is 43.3 cm³/mol. The van der Waals surface area contributed by atoms with Crippen molar-refractivity contribution in [1.29, 1.82) is 0 Å². The van der Waals surface area contributed by atoms with Gasteiger partial charge in [-0.2, -0.15) is 0 Å². The maximum atomic E-state index is 10.7. The molecule has 0 aliphatic carbocycles. The summed E-state index contributed by atoms with van der Waals surface area (Å²) in [6.45, 7) is 0.552. The molecule has 0 bridgehead atoms. The molecule has 1 aliphatic rings. The van der Waals surface area contributed by atoms with Gasteiger partial charge in [-0.05, 0) is 18.1 Å². The normalized spacial score (nSPS) is 14.5. The van der Waals surface area contributed by atoms with Crippen LogP contribution in [0.5, 0.6) is 0 Å². The number of hydrogen-bond donors (Lipinski definition) is 1. The van der Waals surface area contributed by atoms with Crippen molar-refractivity contribution in [3.8, 4) is 0 Å². The number of aromatic nitrogens is 1. The molecule has 1 aromatic rings. The summed E-state index contributed by atoms with van der Waals surface area (Å²) in [6.07, 6.45) is 3.22. The second kappa shape index (κ2) is 2.48. The van der Waals surface area contributed by atoms with E-state index in [0.29, 0.717) is 6.54 Å². The first kappa shape index (κ1) is 7.09. The molecule has 0 unspecified atom stereocenters. The van der Waals surface area contributed by atoms with Crippen molar-refractivity contribution in [2.75, 3.05) is 11.4 Å². The van der Waals surface area contributed by atoms with Crippen molar-refractivity contribution >= 4 is 11.8 Å². The minimum atomic E-state index is -0.889. The maximum Gasteiger partial charge on any atom is 0.411 e. The predicted octanol–water partition coefficient (Wildman–Crippen LogP) is 1.12. The molecule has 0 aromatic carbocycles. The fourth-order valence-corrected chi connectivity index (χ4v) is 1.43. The Bertz CT molecular complexity index is 325. The standard InChI is InChI=1S/C8H8N2O2/c11-8(12)10-4-2-6-5-9-3-1-7(6)10/h1,3,5H,2,4H2,(H,11,12). The third-order valence-electron chi connectivity index (χ3n) is 2.00. The van der Waals surface area contributed by atoms with Crippen molar-refractivity contribution < 1.29 is 9.90 Å². The molecule has 1 amide bonds. The van der Waals surface area contributed by atoms with Gasteiger partial charge in [0.2, 0.25) is 0 Å². The number of pyridine rings is 1. The summed E-state index contributed by atoms with van der Waals surface area (Å²) < 4.78 is 0. The van der Waals surface area contributed by atoms with Gasteiger partial charge in [0, 0.05) is 18.9 Å². The molecular formula is C8H8N2O2. The molecule has 62 valence electrons. The van der Waals surface area contributed by atoms with Gasteiger partial charge >= 0.3 is 6.09 Å². The van der Waals surface area contributed by atoms with E-state index in [1.54, 1.807) is 18.5 Å². The number of carboxylic acid groups (broad SMARTS) is 1. The van der Waals surface area contributed by atoms with Crippen LogP contribution in [0.1, 0.15) is 5.56 Å². The second-order valence-electron chi connectivity index (χ2n) is 2.69. The molecule has 1 aliphatic heterocycles. The summed E-state index contributed by atoms with van der Waals surface area (Å²) in [5.74, 6) is 0. The third kappa shape index (κ3) is 0.922. The summed E-state index contributed by atoms with van der Waals surface area (Å²) in [7, 11) is 0. The Labute approximate surface area is 69.5 Å². The molecule has 0 saturated carbocycles. The number of amides is 1. The Hall–Kier alpha value is -1.58. The van der Waals surface area contributed by atoms with Crippen LogP contribution in [0.3, 0.4) is 0 Å². The zero-order valence-corrected chi connectivity index (χ0v) is 6.40. The van der Waals surface area contributed by atoms with Crippen molar-refractivity contribution in [3.63, 3.8) is 0 Å². The molecule has 0 radical (unpaired) electrons. The molecule has 4 heteroatoms. The molecule has 1 aromatic heterocycles. The van der Waals surface area contributed by atoms with Crippen molar-refractivity contribution in [3.05, 3.63) is 24.0 Å². The number of anilines is 1. The molecule has 0 atom stereocenters. The van der Waals surface area contributed by atoms with Gasteiger partial charge < -0.3 is 5.11 Å². The molecular weight excluding hydrogens is 156 g/mol. The summed E-state index contributed by atoms with van der Waals surface area (Å²) >= 11 is 0. The topological polar surface area (TPSA) is 53.4 Å². The van der Waals surface area contributed by atoms with E-state index in [1.165, 1.54) is 4.90 Å². The van der Waals surface area contributed by atoms with Crippen LogP contribution < -0.4 is 4.90 Å². The van der Waals surface area contributed by atoms with Crippen molar-refractivity contribution in [2.24, 2.45) is 0 Å². The number of carbonyl (C=O) groups is 1. The average molecular weight is 164 g/mol. The Morgan fingerprint density at radius 3 is 3.25 bits per heavy atom. The van der Waals surface area contributed by atoms with E-state index < -0.39 is 6.09 Å². The highest BCUT2D eigenvalue weighted by molar-refractivity contribution is 5.88. The summed E-state index contributed by atoms with van der Waals surface area (Å²) in [6, 6.07) is 1.73. The third-order valence-corrected chi connectivity index (χ3v) is 2.00. The highest BCUT2D eigenvalue weighted by Gasteiger charge is 2.23. The Kier molecular flexibility index (Phi) is 1.46. The van der Waals surface area contributed by atoms with Gasteiger partial charge in [0.1, 0.15) is 0 Å². The van der Waals surface area contributed by atoms with E-state index in [2.05, 4.69) is 4.98 Å². The fraction of sp³-hybridized carbons (Fsp3) is 0.250. The zero-order valence-electron chi connectivity index (χ0n) is 6.40. The molecule has 4 nitrogen and oxygen atoms in total. The van der Waals surface area contributed by atoms with Gasteiger partial charge in [0.15, 0.2) is 0 Å². The van der Waals surface area contributed by atoms with E-state index in [-0.39, 0.29) is 0 Å². The first-order valence-electron chi connectivity index (χ1n) is 3.72. The Balaban J connectivity index is 2.42. The van der Waals surface area contributed by atoms with E-state index in [9.17, 15) is 4.79 Å². The van der Waals surface area contributed by atoms with Gasteiger partial charge in [-0.1, -0.05) is 0 Å². The van der Waals surface area contributed by atoms with E-state index in [4.69, 9.17) is 5.11 Å². The molecule has 1 N–H and O–H groups in total. The maximum absolute atomic E-state index is 10.7. The van der Waals surface area contributed by atoms with Crippen LogP contribution in [0, 0.1) is 0 Å². The monoisotopic (exact) mass is 164 g/mol. The SMILES string of the molecule is O=C(O)N1CCc2cnccc21. The van der Waals surface area contributed by atoms with Crippen LogP contribution in [-0.2, 0) is 6.42 Å². The van der Waals surface area contributed by atoms with Crippen LogP contribution in [0.25, 0.3) is 0 Å². The number of fused-ring (bicyclic) bond motifs is 1. The van der Waals surface area contributed by atoms with Gasteiger partial charge in [-0.3, -0.25) is 9.88 Å². The Morgan fingerprint density at radius 1 is 1.67 bits per heavy atom. The molecule has 12 heavy (non-hydrogen) atoms.